The summed E-state index contributed by atoms with van der Waals surface area (Å²) in [6.07, 6.45) is -5.72. The molecular formula is C25H27F6N5O5. The first kappa shape index (κ1) is 34.4. The fourth-order valence-corrected chi connectivity index (χ4v) is 2.88. The Morgan fingerprint density at radius 1 is 0.878 bits per heavy atom. The lowest BCUT2D eigenvalue weighted by Crippen LogP contribution is -2.34. The van der Waals surface area contributed by atoms with E-state index in [4.69, 9.17) is 19.8 Å². The second-order valence-electron chi connectivity index (χ2n) is 8.32. The number of halogens is 6. The van der Waals surface area contributed by atoms with Gasteiger partial charge in [-0.1, -0.05) is 42.5 Å². The monoisotopic (exact) mass is 591 g/mol. The lowest BCUT2D eigenvalue weighted by atomic mass is 10.0. The van der Waals surface area contributed by atoms with Gasteiger partial charge in [0.1, 0.15) is 0 Å². The maximum Gasteiger partial charge on any atom is 0.490 e. The zero-order chi connectivity index (χ0) is 31.2. The Labute approximate surface area is 230 Å². The molecule has 0 saturated carbocycles. The van der Waals surface area contributed by atoms with Crippen molar-refractivity contribution in [2.75, 3.05) is 26.0 Å². The number of H-pyrrole nitrogens is 1. The molecule has 41 heavy (non-hydrogen) atoms. The molecule has 0 aliphatic carbocycles. The molecule has 0 radical (unpaired) electrons. The summed E-state index contributed by atoms with van der Waals surface area (Å²) in [5, 5.41) is 27.0. The molecule has 1 aromatic heterocycles. The number of carboxylic acids is 2. The predicted molar refractivity (Wildman–Crippen MR) is 136 cm³/mol. The van der Waals surface area contributed by atoms with Gasteiger partial charge < -0.3 is 25.7 Å². The van der Waals surface area contributed by atoms with Crippen molar-refractivity contribution >= 4 is 23.7 Å². The largest absolute Gasteiger partial charge is 0.490 e. The number of rotatable bonds is 7. The smallest absolute Gasteiger partial charge is 0.475 e. The Morgan fingerprint density at radius 2 is 1.39 bits per heavy atom. The van der Waals surface area contributed by atoms with E-state index in [9.17, 15) is 31.1 Å². The fraction of sp³-hybridized carbons (Fsp3) is 0.280. The molecule has 2 aromatic carbocycles. The number of benzene rings is 2. The highest BCUT2D eigenvalue weighted by molar-refractivity contribution is 5.89. The summed E-state index contributed by atoms with van der Waals surface area (Å²) in [5.74, 6) is -5.51. The molecule has 0 bridgehead atoms. The normalized spacial score (nSPS) is 11.7. The van der Waals surface area contributed by atoms with Crippen molar-refractivity contribution in [3.05, 3.63) is 72.6 Å². The number of aromatic nitrogens is 2. The zero-order valence-corrected chi connectivity index (χ0v) is 21.6. The minimum atomic E-state index is -5.08. The van der Waals surface area contributed by atoms with Gasteiger partial charge in [-0.3, -0.25) is 5.10 Å². The summed E-state index contributed by atoms with van der Waals surface area (Å²) < 4.78 is 63.5. The van der Waals surface area contributed by atoms with Crippen molar-refractivity contribution in [2.24, 2.45) is 0 Å². The molecule has 1 atom stereocenters. The fourth-order valence-electron chi connectivity index (χ4n) is 2.88. The third kappa shape index (κ3) is 13.8. The first-order valence-electron chi connectivity index (χ1n) is 11.5. The van der Waals surface area contributed by atoms with Crippen LogP contribution in [0.15, 0.2) is 67.0 Å². The summed E-state index contributed by atoms with van der Waals surface area (Å²) in [7, 11) is 4.06. The summed E-state index contributed by atoms with van der Waals surface area (Å²) in [6.45, 7) is 0.888. The number of hydrogen-bond donors (Lipinski definition) is 5. The number of carboxylic acid groups (broad SMARTS) is 2. The van der Waals surface area contributed by atoms with Crippen LogP contribution in [-0.2, 0) is 9.59 Å². The molecule has 224 valence electrons. The number of aromatic amines is 1. The minimum Gasteiger partial charge on any atom is -0.475 e. The van der Waals surface area contributed by atoms with Crippen LogP contribution in [0.4, 0.5) is 36.8 Å². The molecule has 3 aromatic rings. The van der Waals surface area contributed by atoms with Crippen molar-refractivity contribution in [3.63, 3.8) is 0 Å². The van der Waals surface area contributed by atoms with Crippen LogP contribution in [-0.4, -0.2) is 76.3 Å². The number of anilines is 1. The molecule has 1 heterocycles. The van der Waals surface area contributed by atoms with Gasteiger partial charge in [0.25, 0.3) is 0 Å². The predicted octanol–water partition coefficient (Wildman–Crippen LogP) is 5.16. The summed E-state index contributed by atoms with van der Waals surface area (Å²) in [5.41, 5.74) is 3.91. The van der Waals surface area contributed by atoms with Gasteiger partial charge in [-0.2, -0.15) is 31.4 Å². The van der Waals surface area contributed by atoms with E-state index in [1.165, 1.54) is 0 Å². The molecule has 0 fully saturated rings. The number of nitrogens with one attached hydrogen (secondary N) is 3. The second kappa shape index (κ2) is 15.9. The maximum atomic E-state index is 12.5. The van der Waals surface area contributed by atoms with E-state index in [0.717, 1.165) is 35.3 Å². The number of carbonyl (C=O) groups excluding carboxylic acids is 1. The van der Waals surface area contributed by atoms with E-state index < -0.39 is 24.3 Å². The lowest BCUT2D eigenvalue weighted by Gasteiger charge is -2.21. The van der Waals surface area contributed by atoms with E-state index in [-0.39, 0.29) is 12.1 Å². The van der Waals surface area contributed by atoms with E-state index in [1.54, 1.807) is 6.20 Å². The van der Waals surface area contributed by atoms with Gasteiger partial charge in [0.05, 0.1) is 12.2 Å². The Hall–Kier alpha value is -4.60. The van der Waals surface area contributed by atoms with Crippen molar-refractivity contribution in [1.82, 2.24) is 20.4 Å². The van der Waals surface area contributed by atoms with Crippen LogP contribution >= 0.6 is 0 Å². The molecule has 10 nitrogen and oxygen atoms in total. The van der Waals surface area contributed by atoms with Crippen LogP contribution in [0.5, 0.6) is 0 Å². The first-order valence-corrected chi connectivity index (χ1v) is 11.5. The standard InChI is InChI=1S/C21H25N5O.2C2HF3O2/c1-26(2)13-12-20(17-6-4-3-5-7-17)25-21(27)24-19-10-8-16(9-11-19)18-14-22-23-15-18;2*3-2(4,5)1(6)7/h3-11,14-15,20H,12-13H2,1-2H3,(H,22,23)(H2,24,25,27);2*(H,6,7). The molecule has 1 unspecified atom stereocenters. The number of hydrogen-bond acceptors (Lipinski definition) is 5. The molecule has 2 amide bonds. The number of nitrogens with zero attached hydrogens (tertiary/aromatic N) is 2. The van der Waals surface area contributed by atoms with Crippen LogP contribution in [0.3, 0.4) is 0 Å². The molecule has 5 N–H and O–H groups in total. The van der Waals surface area contributed by atoms with E-state index in [2.05, 4.69) is 25.7 Å². The van der Waals surface area contributed by atoms with E-state index in [1.807, 2.05) is 74.9 Å². The Kier molecular flexibility index (Phi) is 13.3. The van der Waals surface area contributed by atoms with Crippen LogP contribution in [0, 0.1) is 0 Å². The van der Waals surface area contributed by atoms with Crippen molar-refractivity contribution in [2.45, 2.75) is 24.8 Å². The summed E-state index contributed by atoms with van der Waals surface area (Å²) in [4.78, 5) is 32.4. The number of amides is 2. The number of urea groups is 1. The highest BCUT2D eigenvalue weighted by Crippen LogP contribution is 2.21. The zero-order valence-electron chi connectivity index (χ0n) is 21.6. The molecule has 0 saturated heterocycles. The Balaban J connectivity index is 0.000000497. The Morgan fingerprint density at radius 3 is 1.80 bits per heavy atom. The molecule has 3 rings (SSSR count). The quantitative estimate of drug-likeness (QED) is 0.239. The average Bonchev–Trinajstić information content (AvgIpc) is 3.42. The molecule has 0 aliphatic heterocycles. The SMILES string of the molecule is CN(C)CCC(NC(=O)Nc1ccc(-c2cn[nH]c2)cc1)c1ccccc1.O=C(O)C(F)(F)F.O=C(O)C(F)(F)F. The molecule has 16 heteroatoms. The third-order valence-electron chi connectivity index (χ3n) is 4.83. The van der Waals surface area contributed by atoms with Gasteiger partial charge in [0, 0.05) is 17.4 Å². The van der Waals surface area contributed by atoms with Crippen molar-refractivity contribution in [1.29, 1.82) is 0 Å². The molecule has 0 aliphatic rings. The third-order valence-corrected chi connectivity index (χ3v) is 4.83. The number of aliphatic carboxylic acids is 2. The topological polar surface area (TPSA) is 148 Å². The van der Waals surface area contributed by atoms with E-state index >= 15 is 0 Å². The van der Waals surface area contributed by atoms with Crippen LogP contribution in [0.1, 0.15) is 18.0 Å². The number of carbonyl (C=O) groups is 3. The lowest BCUT2D eigenvalue weighted by molar-refractivity contribution is -0.193. The minimum absolute atomic E-state index is 0.0428. The maximum absolute atomic E-state index is 12.5. The van der Waals surface area contributed by atoms with E-state index in [0.29, 0.717) is 0 Å². The van der Waals surface area contributed by atoms with Crippen LogP contribution in [0.25, 0.3) is 11.1 Å². The van der Waals surface area contributed by atoms with Gasteiger partial charge in [-0.25, -0.2) is 14.4 Å². The average molecular weight is 592 g/mol. The number of alkyl halides is 6. The van der Waals surface area contributed by atoms with Gasteiger partial charge in [-0.15, -0.1) is 0 Å². The highest BCUT2D eigenvalue weighted by Gasteiger charge is 2.38. The van der Waals surface area contributed by atoms with Crippen molar-refractivity contribution < 1.29 is 50.9 Å². The van der Waals surface area contributed by atoms with Crippen LogP contribution in [0.2, 0.25) is 0 Å². The van der Waals surface area contributed by atoms with Crippen molar-refractivity contribution in [3.8, 4) is 11.1 Å². The van der Waals surface area contributed by atoms with Crippen LogP contribution < -0.4 is 10.6 Å². The van der Waals surface area contributed by atoms with Gasteiger partial charge in [0.15, 0.2) is 0 Å². The summed E-state index contributed by atoms with van der Waals surface area (Å²) in [6, 6.07) is 17.5. The second-order valence-corrected chi connectivity index (χ2v) is 8.32. The first-order chi connectivity index (χ1) is 19.0. The van der Waals surface area contributed by atoms with Gasteiger partial charge in [-0.05, 0) is 50.3 Å². The van der Waals surface area contributed by atoms with Gasteiger partial charge in [0.2, 0.25) is 0 Å². The molecular weight excluding hydrogens is 564 g/mol. The highest BCUT2D eigenvalue weighted by atomic mass is 19.4. The Bertz CT molecular complexity index is 1190. The molecule has 0 spiro atoms. The summed E-state index contributed by atoms with van der Waals surface area (Å²) >= 11 is 0. The van der Waals surface area contributed by atoms with Gasteiger partial charge >= 0.3 is 30.3 Å².